The van der Waals surface area contributed by atoms with Crippen molar-refractivity contribution in [1.29, 1.82) is 0 Å². The van der Waals surface area contributed by atoms with Gasteiger partial charge in [0.05, 0.1) is 0 Å². The Morgan fingerprint density at radius 3 is 1.57 bits per heavy atom. The van der Waals surface area contributed by atoms with Crippen molar-refractivity contribution in [3.8, 4) is 0 Å². The molecule has 1 aromatic carbocycles. The molecule has 1 rings (SSSR count). The van der Waals surface area contributed by atoms with Gasteiger partial charge in [0.1, 0.15) is 0 Å². The number of carbonyl (C=O) groups is 3. The highest BCUT2D eigenvalue weighted by Crippen LogP contribution is 2.11. The number of carbonyl (C=O) groups excluding carboxylic acids is 1. The third kappa shape index (κ3) is 8.40. The molecule has 6 nitrogen and oxygen atoms in total. The Balaban J connectivity index is 0.000000515. The molecule has 0 atom stereocenters. The minimum atomic E-state index is -1.26. The summed E-state index contributed by atoms with van der Waals surface area (Å²) < 4.78 is 0. The van der Waals surface area contributed by atoms with E-state index < -0.39 is 11.9 Å². The number of rotatable bonds is 5. The quantitative estimate of drug-likeness (QED) is 0.813. The van der Waals surface area contributed by atoms with E-state index in [0.29, 0.717) is 12.2 Å². The minimum Gasteiger partial charge on any atom is -0.478 e. The molecule has 0 fully saturated rings. The van der Waals surface area contributed by atoms with Crippen LogP contribution in [-0.4, -0.2) is 45.0 Å². The molecule has 0 unspecified atom stereocenters. The van der Waals surface area contributed by atoms with E-state index in [0.717, 1.165) is 5.56 Å². The van der Waals surface area contributed by atoms with Crippen molar-refractivity contribution in [3.63, 3.8) is 0 Å². The van der Waals surface area contributed by atoms with Crippen LogP contribution in [0.5, 0.6) is 0 Å². The molecule has 0 aliphatic carbocycles. The molecule has 2 N–H and O–H groups in total. The Kier molecular flexibility index (Phi) is 8.99. The summed E-state index contributed by atoms with van der Waals surface area (Å²) in [6.45, 7) is 8.17. The molecule has 0 bridgehead atoms. The van der Waals surface area contributed by atoms with Crippen molar-refractivity contribution in [2.45, 2.75) is 39.8 Å². The maximum atomic E-state index is 12.2. The zero-order valence-electron chi connectivity index (χ0n) is 13.8. The summed E-state index contributed by atoms with van der Waals surface area (Å²) in [6.07, 6.45) is 1.12. The molecule has 1 aromatic rings. The van der Waals surface area contributed by atoms with Gasteiger partial charge in [-0.2, -0.15) is 0 Å². The fourth-order valence-corrected chi connectivity index (χ4v) is 1.94. The zero-order chi connectivity index (χ0) is 18.0. The van der Waals surface area contributed by atoms with Gasteiger partial charge in [0.2, 0.25) is 0 Å². The maximum Gasteiger partial charge on any atom is 0.328 e. The van der Waals surface area contributed by atoms with Crippen LogP contribution in [0.1, 0.15) is 38.1 Å². The van der Waals surface area contributed by atoms with Gasteiger partial charge in [-0.25, -0.2) is 9.59 Å². The summed E-state index contributed by atoms with van der Waals surface area (Å²) >= 11 is 0. The number of carboxylic acid groups (broad SMARTS) is 2. The van der Waals surface area contributed by atoms with Crippen LogP contribution in [0.15, 0.2) is 42.5 Å². The molecule has 0 aliphatic heterocycles. The standard InChI is InChI=1S/C13H19NO.C4H4O4/c1-10(2)14(11(3)4)13(15)12-8-6-5-7-9-12;5-3(6)1-2-4(7)8/h5-11H,1-4H3;1-2H,(H,5,6)(H,7,8)/b;2-1-. The Bertz CT molecular complexity index is 525. The van der Waals surface area contributed by atoms with Crippen LogP contribution in [0.25, 0.3) is 0 Å². The van der Waals surface area contributed by atoms with Gasteiger partial charge in [-0.3, -0.25) is 4.79 Å². The second-order valence-electron chi connectivity index (χ2n) is 5.28. The monoisotopic (exact) mass is 321 g/mol. The van der Waals surface area contributed by atoms with Crippen molar-refractivity contribution >= 4 is 17.8 Å². The Morgan fingerprint density at radius 2 is 1.26 bits per heavy atom. The molecule has 0 aliphatic rings. The number of benzene rings is 1. The predicted octanol–water partition coefficient (Wildman–Crippen LogP) is 2.66. The first-order valence-electron chi connectivity index (χ1n) is 7.18. The molecule has 126 valence electrons. The Hall–Kier alpha value is -2.63. The van der Waals surface area contributed by atoms with E-state index in [1.54, 1.807) is 0 Å². The topological polar surface area (TPSA) is 94.9 Å². The summed E-state index contributed by atoms with van der Waals surface area (Å²) in [5.41, 5.74) is 0.764. The van der Waals surface area contributed by atoms with E-state index in [-0.39, 0.29) is 18.0 Å². The number of aliphatic carboxylic acids is 2. The van der Waals surface area contributed by atoms with Gasteiger partial charge >= 0.3 is 11.9 Å². The van der Waals surface area contributed by atoms with E-state index >= 15 is 0 Å². The second-order valence-corrected chi connectivity index (χ2v) is 5.28. The molecule has 0 heterocycles. The van der Waals surface area contributed by atoms with Gasteiger partial charge < -0.3 is 15.1 Å². The van der Waals surface area contributed by atoms with E-state index in [1.807, 2.05) is 62.9 Å². The van der Waals surface area contributed by atoms with Crippen molar-refractivity contribution in [2.75, 3.05) is 0 Å². The summed E-state index contributed by atoms with van der Waals surface area (Å²) in [4.78, 5) is 33.2. The summed E-state index contributed by atoms with van der Waals surface area (Å²) in [6, 6.07) is 9.90. The van der Waals surface area contributed by atoms with E-state index in [1.165, 1.54) is 0 Å². The van der Waals surface area contributed by atoms with Gasteiger partial charge in [-0.15, -0.1) is 0 Å². The third-order valence-corrected chi connectivity index (χ3v) is 2.74. The molecule has 0 saturated carbocycles. The highest BCUT2D eigenvalue weighted by Gasteiger charge is 2.20. The molecular weight excluding hydrogens is 298 g/mol. The smallest absolute Gasteiger partial charge is 0.328 e. The van der Waals surface area contributed by atoms with Gasteiger partial charge in [0.25, 0.3) is 5.91 Å². The fourth-order valence-electron chi connectivity index (χ4n) is 1.94. The van der Waals surface area contributed by atoms with E-state index in [4.69, 9.17) is 10.2 Å². The summed E-state index contributed by atoms with van der Waals surface area (Å²) in [7, 11) is 0. The van der Waals surface area contributed by atoms with Crippen molar-refractivity contribution in [1.82, 2.24) is 4.90 Å². The normalized spacial score (nSPS) is 10.3. The van der Waals surface area contributed by atoms with Crippen LogP contribution in [0.4, 0.5) is 0 Å². The summed E-state index contributed by atoms with van der Waals surface area (Å²) in [5, 5.41) is 15.6. The van der Waals surface area contributed by atoms with Crippen molar-refractivity contribution in [2.24, 2.45) is 0 Å². The van der Waals surface area contributed by atoms with Crippen LogP contribution in [0.2, 0.25) is 0 Å². The molecule has 0 aromatic heterocycles. The van der Waals surface area contributed by atoms with Crippen LogP contribution in [0.3, 0.4) is 0 Å². The first kappa shape index (κ1) is 20.4. The number of carboxylic acids is 2. The largest absolute Gasteiger partial charge is 0.478 e. The number of hydrogen-bond donors (Lipinski definition) is 2. The number of hydrogen-bond acceptors (Lipinski definition) is 3. The van der Waals surface area contributed by atoms with Crippen LogP contribution in [0, 0.1) is 0 Å². The number of amides is 1. The zero-order valence-corrected chi connectivity index (χ0v) is 13.8. The van der Waals surface area contributed by atoms with Gasteiger partial charge in [-0.1, -0.05) is 18.2 Å². The predicted molar refractivity (Wildman–Crippen MR) is 87.3 cm³/mol. The lowest BCUT2D eigenvalue weighted by Gasteiger charge is -2.30. The van der Waals surface area contributed by atoms with Crippen molar-refractivity contribution < 1.29 is 24.6 Å². The second kappa shape index (κ2) is 10.2. The first-order valence-corrected chi connectivity index (χ1v) is 7.18. The van der Waals surface area contributed by atoms with Gasteiger partial charge in [0, 0.05) is 29.8 Å². The minimum absolute atomic E-state index is 0.112. The lowest BCUT2D eigenvalue weighted by Crippen LogP contribution is -2.42. The summed E-state index contributed by atoms with van der Waals surface area (Å²) in [5.74, 6) is -2.40. The third-order valence-electron chi connectivity index (χ3n) is 2.74. The number of nitrogens with zero attached hydrogens (tertiary/aromatic N) is 1. The molecular formula is C17H23NO5. The maximum absolute atomic E-state index is 12.2. The highest BCUT2D eigenvalue weighted by molar-refractivity contribution is 5.94. The Morgan fingerprint density at radius 1 is 0.870 bits per heavy atom. The SMILES string of the molecule is CC(C)N(C(=O)c1ccccc1)C(C)C.O=C(O)/C=C\C(=O)O. The van der Waals surface area contributed by atoms with E-state index in [2.05, 4.69) is 0 Å². The molecule has 1 amide bonds. The van der Waals surface area contributed by atoms with Crippen LogP contribution in [-0.2, 0) is 9.59 Å². The highest BCUT2D eigenvalue weighted by atomic mass is 16.4. The van der Waals surface area contributed by atoms with Crippen molar-refractivity contribution in [3.05, 3.63) is 48.0 Å². The molecule has 0 saturated heterocycles. The average molecular weight is 321 g/mol. The van der Waals surface area contributed by atoms with E-state index in [9.17, 15) is 14.4 Å². The molecule has 0 radical (unpaired) electrons. The fraction of sp³-hybridized carbons (Fsp3) is 0.353. The molecule has 0 spiro atoms. The lowest BCUT2D eigenvalue weighted by molar-refractivity contribution is -0.134. The Labute approximate surface area is 136 Å². The first-order chi connectivity index (χ1) is 10.7. The van der Waals surface area contributed by atoms with Gasteiger partial charge in [0.15, 0.2) is 0 Å². The van der Waals surface area contributed by atoms with Gasteiger partial charge in [-0.05, 0) is 39.8 Å². The molecule has 6 heteroatoms. The average Bonchev–Trinajstić information content (AvgIpc) is 2.46. The lowest BCUT2D eigenvalue weighted by atomic mass is 10.1. The van der Waals surface area contributed by atoms with Crippen LogP contribution < -0.4 is 0 Å². The molecule has 23 heavy (non-hydrogen) atoms. The van der Waals surface area contributed by atoms with Crippen LogP contribution >= 0.6 is 0 Å².